The number of thioether (sulfide) groups is 1. The first-order chi connectivity index (χ1) is 11.2. The predicted octanol–water partition coefficient (Wildman–Crippen LogP) is 2.41. The van der Waals surface area contributed by atoms with Crippen LogP contribution in [0.25, 0.3) is 0 Å². The van der Waals surface area contributed by atoms with Crippen molar-refractivity contribution in [2.24, 2.45) is 0 Å². The Morgan fingerprint density at radius 3 is 2.43 bits per heavy atom. The van der Waals surface area contributed by atoms with Crippen LogP contribution in [-0.2, 0) is 6.54 Å². The molecule has 0 bridgehead atoms. The number of carbonyl (C=O) groups is 1. The lowest BCUT2D eigenvalue weighted by Gasteiger charge is -2.23. The lowest BCUT2D eigenvalue weighted by molar-refractivity contribution is 0.235. The van der Waals surface area contributed by atoms with E-state index in [1.54, 1.807) is 27.4 Å². The molecule has 6 nitrogen and oxygen atoms in total. The zero-order valence-electron chi connectivity index (χ0n) is 13.8. The van der Waals surface area contributed by atoms with Gasteiger partial charge < -0.3 is 24.8 Å². The molecular weight excluding hydrogens is 316 g/mol. The van der Waals surface area contributed by atoms with Crippen molar-refractivity contribution in [1.29, 1.82) is 0 Å². The van der Waals surface area contributed by atoms with Gasteiger partial charge in [-0.25, -0.2) is 4.79 Å². The molecule has 0 radical (unpaired) electrons. The number of urea groups is 1. The van der Waals surface area contributed by atoms with Crippen LogP contribution in [0.15, 0.2) is 12.1 Å². The molecule has 23 heavy (non-hydrogen) atoms. The first kappa shape index (κ1) is 17.6. The summed E-state index contributed by atoms with van der Waals surface area (Å²) in [6.45, 7) is 0.358. The summed E-state index contributed by atoms with van der Waals surface area (Å²) in [5.74, 6) is 3.90. The number of hydrogen-bond acceptors (Lipinski definition) is 5. The Bertz CT molecular complexity index is 533. The summed E-state index contributed by atoms with van der Waals surface area (Å²) in [7, 11) is 4.71. The van der Waals surface area contributed by atoms with E-state index in [1.807, 2.05) is 17.8 Å². The molecule has 0 atom stereocenters. The minimum Gasteiger partial charge on any atom is -0.493 e. The maximum Gasteiger partial charge on any atom is 0.315 e. The van der Waals surface area contributed by atoms with Gasteiger partial charge >= 0.3 is 6.03 Å². The Morgan fingerprint density at radius 1 is 1.13 bits per heavy atom. The SMILES string of the molecule is COc1ccc(CNC(=O)NC2CCSCC2)c(OC)c1OC. The van der Waals surface area contributed by atoms with Crippen molar-refractivity contribution in [2.75, 3.05) is 32.8 Å². The molecule has 2 rings (SSSR count). The highest BCUT2D eigenvalue weighted by Gasteiger charge is 2.18. The van der Waals surface area contributed by atoms with Gasteiger partial charge in [-0.3, -0.25) is 0 Å². The van der Waals surface area contributed by atoms with E-state index < -0.39 is 0 Å². The van der Waals surface area contributed by atoms with Crippen molar-refractivity contribution in [3.8, 4) is 17.2 Å². The van der Waals surface area contributed by atoms with Crippen LogP contribution >= 0.6 is 11.8 Å². The minimum atomic E-state index is -0.154. The summed E-state index contributed by atoms with van der Waals surface area (Å²) in [6.07, 6.45) is 2.05. The van der Waals surface area contributed by atoms with Gasteiger partial charge in [-0.15, -0.1) is 0 Å². The van der Waals surface area contributed by atoms with Gasteiger partial charge in [0.2, 0.25) is 5.75 Å². The standard InChI is InChI=1S/C16H24N2O4S/c1-20-13-5-4-11(14(21-2)15(13)22-3)10-17-16(19)18-12-6-8-23-9-7-12/h4-5,12H,6-10H2,1-3H3,(H2,17,18,19). The maximum absolute atomic E-state index is 12.0. The second-order valence-electron chi connectivity index (χ2n) is 5.21. The van der Waals surface area contributed by atoms with Gasteiger partial charge in [0.1, 0.15) is 0 Å². The molecule has 1 aliphatic rings. The predicted molar refractivity (Wildman–Crippen MR) is 91.8 cm³/mol. The van der Waals surface area contributed by atoms with E-state index >= 15 is 0 Å². The molecule has 2 amide bonds. The third-order valence-corrected chi connectivity index (χ3v) is 4.83. The third-order valence-electron chi connectivity index (χ3n) is 3.78. The van der Waals surface area contributed by atoms with Crippen LogP contribution in [0.3, 0.4) is 0 Å². The molecule has 7 heteroatoms. The third kappa shape index (κ3) is 4.60. The van der Waals surface area contributed by atoms with E-state index in [0.717, 1.165) is 29.9 Å². The fraction of sp³-hybridized carbons (Fsp3) is 0.562. The highest BCUT2D eigenvalue weighted by molar-refractivity contribution is 7.99. The number of benzene rings is 1. The number of amides is 2. The van der Waals surface area contributed by atoms with Crippen molar-refractivity contribution in [3.63, 3.8) is 0 Å². The molecular formula is C16H24N2O4S. The van der Waals surface area contributed by atoms with Gasteiger partial charge in [0.25, 0.3) is 0 Å². The van der Waals surface area contributed by atoms with E-state index in [4.69, 9.17) is 14.2 Å². The van der Waals surface area contributed by atoms with E-state index in [2.05, 4.69) is 10.6 Å². The minimum absolute atomic E-state index is 0.154. The van der Waals surface area contributed by atoms with Gasteiger partial charge in [0, 0.05) is 18.2 Å². The Hall–Kier alpha value is -1.76. The molecule has 2 N–H and O–H groups in total. The smallest absolute Gasteiger partial charge is 0.315 e. The van der Waals surface area contributed by atoms with Gasteiger partial charge in [-0.2, -0.15) is 11.8 Å². The Morgan fingerprint density at radius 2 is 1.83 bits per heavy atom. The topological polar surface area (TPSA) is 68.8 Å². The molecule has 0 saturated carbocycles. The highest BCUT2D eigenvalue weighted by Crippen LogP contribution is 2.39. The molecule has 0 spiro atoms. The highest BCUT2D eigenvalue weighted by atomic mass is 32.2. The zero-order valence-corrected chi connectivity index (χ0v) is 14.6. The number of methoxy groups -OCH3 is 3. The molecule has 0 aliphatic carbocycles. The van der Waals surface area contributed by atoms with Crippen molar-refractivity contribution >= 4 is 17.8 Å². The Balaban J connectivity index is 1.97. The molecule has 1 fully saturated rings. The summed E-state index contributed by atoms with van der Waals surface area (Å²) in [6, 6.07) is 3.77. The Labute approximate surface area is 141 Å². The van der Waals surface area contributed by atoms with Crippen molar-refractivity contribution in [2.45, 2.75) is 25.4 Å². The van der Waals surface area contributed by atoms with Crippen LogP contribution in [0.4, 0.5) is 4.79 Å². The summed E-state index contributed by atoms with van der Waals surface area (Å²) in [5.41, 5.74) is 0.833. The van der Waals surface area contributed by atoms with Gasteiger partial charge in [-0.1, -0.05) is 0 Å². The van der Waals surface area contributed by atoms with Crippen LogP contribution in [0, 0.1) is 0 Å². The molecule has 128 valence electrons. The molecule has 0 aromatic heterocycles. The largest absolute Gasteiger partial charge is 0.493 e. The summed E-state index contributed by atoms with van der Waals surface area (Å²) >= 11 is 1.93. The summed E-state index contributed by atoms with van der Waals surface area (Å²) in [5, 5.41) is 5.89. The fourth-order valence-electron chi connectivity index (χ4n) is 2.56. The molecule has 1 aromatic carbocycles. The molecule has 0 unspecified atom stereocenters. The molecule has 1 heterocycles. The van der Waals surface area contributed by atoms with Crippen LogP contribution in [0.2, 0.25) is 0 Å². The first-order valence-corrected chi connectivity index (χ1v) is 8.75. The average Bonchev–Trinajstić information content (AvgIpc) is 2.59. The van der Waals surface area contributed by atoms with Crippen molar-refractivity contribution in [1.82, 2.24) is 10.6 Å². The van der Waals surface area contributed by atoms with Gasteiger partial charge in [0.05, 0.1) is 21.3 Å². The second-order valence-corrected chi connectivity index (χ2v) is 6.43. The number of carbonyl (C=O) groups excluding carboxylic acids is 1. The van der Waals surface area contributed by atoms with E-state index in [9.17, 15) is 4.79 Å². The van der Waals surface area contributed by atoms with Gasteiger partial charge in [0.15, 0.2) is 11.5 Å². The number of hydrogen-bond donors (Lipinski definition) is 2. The lowest BCUT2D eigenvalue weighted by Crippen LogP contribution is -2.43. The maximum atomic E-state index is 12.0. The van der Waals surface area contributed by atoms with E-state index in [0.29, 0.717) is 23.8 Å². The lowest BCUT2D eigenvalue weighted by atomic mass is 10.1. The van der Waals surface area contributed by atoms with E-state index in [-0.39, 0.29) is 12.1 Å². The molecule has 1 aromatic rings. The summed E-state index contributed by atoms with van der Waals surface area (Å²) in [4.78, 5) is 12.0. The number of ether oxygens (including phenoxy) is 3. The van der Waals surface area contributed by atoms with Crippen LogP contribution in [-0.4, -0.2) is 44.9 Å². The number of nitrogens with one attached hydrogen (secondary N) is 2. The van der Waals surface area contributed by atoms with Crippen LogP contribution in [0.1, 0.15) is 18.4 Å². The normalized spacial score (nSPS) is 14.9. The number of rotatable bonds is 6. The Kier molecular flexibility index (Phi) is 6.70. The monoisotopic (exact) mass is 340 g/mol. The quantitative estimate of drug-likeness (QED) is 0.832. The van der Waals surface area contributed by atoms with Crippen molar-refractivity contribution < 1.29 is 19.0 Å². The molecule has 1 saturated heterocycles. The second kappa shape index (κ2) is 8.76. The molecule has 1 aliphatic heterocycles. The zero-order chi connectivity index (χ0) is 16.7. The van der Waals surface area contributed by atoms with Crippen LogP contribution < -0.4 is 24.8 Å². The first-order valence-electron chi connectivity index (χ1n) is 7.59. The van der Waals surface area contributed by atoms with Crippen molar-refractivity contribution in [3.05, 3.63) is 17.7 Å². The summed E-state index contributed by atoms with van der Waals surface area (Å²) < 4.78 is 16.0. The van der Waals surface area contributed by atoms with E-state index in [1.165, 1.54) is 0 Å². The van der Waals surface area contributed by atoms with Gasteiger partial charge in [-0.05, 0) is 36.5 Å². The fourth-order valence-corrected chi connectivity index (χ4v) is 3.66. The van der Waals surface area contributed by atoms with Crippen LogP contribution in [0.5, 0.6) is 17.2 Å². The average molecular weight is 340 g/mol.